The number of carboxylic acid groups (broad SMARTS) is 1. The van der Waals surface area contributed by atoms with E-state index in [9.17, 15) is 9.59 Å². The summed E-state index contributed by atoms with van der Waals surface area (Å²) in [6, 6.07) is 4.42. The maximum atomic E-state index is 11.7. The standard InChI is InChI=1S/C11H12ClNO5/c1-18-9-4-6(12)2-3-7(9)10(15)13-5-8(14)11(16)17/h2-4,8,14H,5H2,1H3,(H,13,15)(H,16,17). The minimum absolute atomic E-state index is 0.208. The molecule has 0 heterocycles. The molecule has 1 aromatic carbocycles. The number of carbonyl (C=O) groups excluding carboxylic acids is 1. The Morgan fingerprint density at radius 2 is 2.17 bits per heavy atom. The number of aliphatic hydroxyl groups excluding tert-OH is 1. The number of carboxylic acids is 1. The normalized spacial score (nSPS) is 11.7. The van der Waals surface area contributed by atoms with Crippen LogP contribution in [0.3, 0.4) is 0 Å². The van der Waals surface area contributed by atoms with Gasteiger partial charge in [0.2, 0.25) is 0 Å². The summed E-state index contributed by atoms with van der Waals surface area (Å²) in [6.07, 6.45) is -1.65. The van der Waals surface area contributed by atoms with Crippen molar-refractivity contribution in [2.45, 2.75) is 6.10 Å². The molecule has 0 aliphatic carbocycles. The maximum Gasteiger partial charge on any atom is 0.334 e. The molecule has 18 heavy (non-hydrogen) atoms. The van der Waals surface area contributed by atoms with Gasteiger partial charge in [-0.2, -0.15) is 0 Å². The number of carbonyl (C=O) groups is 2. The van der Waals surface area contributed by atoms with Crippen LogP contribution < -0.4 is 10.1 Å². The molecule has 1 unspecified atom stereocenters. The van der Waals surface area contributed by atoms with Crippen LogP contribution >= 0.6 is 11.6 Å². The SMILES string of the molecule is COc1cc(Cl)ccc1C(=O)NCC(O)C(=O)O. The second-order valence-electron chi connectivity index (χ2n) is 3.41. The summed E-state index contributed by atoms with van der Waals surface area (Å²) in [4.78, 5) is 22.1. The number of ether oxygens (including phenoxy) is 1. The van der Waals surface area contributed by atoms with Crippen molar-refractivity contribution in [1.29, 1.82) is 0 Å². The van der Waals surface area contributed by atoms with Crippen molar-refractivity contribution < 1.29 is 24.5 Å². The van der Waals surface area contributed by atoms with Gasteiger partial charge in [-0.25, -0.2) is 4.79 Å². The van der Waals surface area contributed by atoms with Gasteiger partial charge in [0, 0.05) is 5.02 Å². The van der Waals surface area contributed by atoms with E-state index >= 15 is 0 Å². The summed E-state index contributed by atoms with van der Waals surface area (Å²) in [7, 11) is 1.38. The van der Waals surface area contributed by atoms with Crippen molar-refractivity contribution in [2.24, 2.45) is 0 Å². The molecule has 1 amide bonds. The van der Waals surface area contributed by atoms with Crippen LogP contribution in [0.1, 0.15) is 10.4 Å². The molecular formula is C11H12ClNO5. The number of methoxy groups -OCH3 is 1. The second kappa shape index (κ2) is 6.23. The number of rotatable bonds is 5. The van der Waals surface area contributed by atoms with E-state index in [0.717, 1.165) is 0 Å². The first kappa shape index (κ1) is 14.3. The van der Waals surface area contributed by atoms with Gasteiger partial charge in [-0.3, -0.25) is 4.79 Å². The first-order valence-corrected chi connectivity index (χ1v) is 5.36. The lowest BCUT2D eigenvalue weighted by Gasteiger charge is -2.10. The highest BCUT2D eigenvalue weighted by molar-refractivity contribution is 6.30. The number of hydrogen-bond donors (Lipinski definition) is 3. The molecule has 0 bridgehead atoms. The van der Waals surface area contributed by atoms with Gasteiger partial charge in [0.1, 0.15) is 5.75 Å². The number of amides is 1. The van der Waals surface area contributed by atoms with E-state index in [1.54, 1.807) is 0 Å². The molecule has 1 atom stereocenters. The molecule has 98 valence electrons. The molecule has 6 nitrogen and oxygen atoms in total. The molecule has 0 aliphatic heterocycles. The zero-order chi connectivity index (χ0) is 13.7. The van der Waals surface area contributed by atoms with Crippen molar-refractivity contribution in [3.05, 3.63) is 28.8 Å². The molecule has 3 N–H and O–H groups in total. The van der Waals surface area contributed by atoms with Crippen molar-refractivity contribution >= 4 is 23.5 Å². The maximum absolute atomic E-state index is 11.7. The fourth-order valence-corrected chi connectivity index (χ4v) is 1.39. The van der Waals surface area contributed by atoms with Crippen LogP contribution in [0.15, 0.2) is 18.2 Å². The van der Waals surface area contributed by atoms with E-state index in [0.29, 0.717) is 5.02 Å². The predicted octanol–water partition coefficient (Wildman–Crippen LogP) is 0.524. The zero-order valence-corrected chi connectivity index (χ0v) is 10.3. The Hall–Kier alpha value is -1.79. The molecule has 1 aromatic rings. The third-order valence-corrected chi connectivity index (χ3v) is 2.38. The summed E-state index contributed by atoms with van der Waals surface area (Å²) in [5.41, 5.74) is 0.208. The molecule has 0 saturated heterocycles. The molecule has 7 heteroatoms. The topological polar surface area (TPSA) is 95.9 Å². The molecule has 0 fully saturated rings. The van der Waals surface area contributed by atoms with Crippen LogP contribution in [0.2, 0.25) is 5.02 Å². The summed E-state index contributed by atoms with van der Waals surface area (Å²) in [5.74, 6) is -1.69. The number of aliphatic carboxylic acids is 1. The summed E-state index contributed by atoms with van der Waals surface area (Å²) < 4.78 is 4.98. The number of hydrogen-bond acceptors (Lipinski definition) is 4. The average molecular weight is 274 g/mol. The monoisotopic (exact) mass is 273 g/mol. The Balaban J connectivity index is 2.75. The smallest absolute Gasteiger partial charge is 0.334 e. The first-order chi connectivity index (χ1) is 8.45. The van der Waals surface area contributed by atoms with Crippen LogP contribution in [-0.2, 0) is 4.79 Å². The lowest BCUT2D eigenvalue weighted by atomic mass is 10.2. The Labute approximate surface area is 108 Å². The van der Waals surface area contributed by atoms with Gasteiger partial charge in [-0.1, -0.05) is 11.6 Å². The quantitative estimate of drug-likeness (QED) is 0.727. The number of halogens is 1. The largest absolute Gasteiger partial charge is 0.496 e. The van der Waals surface area contributed by atoms with E-state index in [-0.39, 0.29) is 17.9 Å². The fourth-order valence-electron chi connectivity index (χ4n) is 1.22. The highest BCUT2D eigenvalue weighted by Gasteiger charge is 2.17. The number of nitrogens with one attached hydrogen (secondary N) is 1. The van der Waals surface area contributed by atoms with Crippen LogP contribution in [0.25, 0.3) is 0 Å². The average Bonchev–Trinajstić information content (AvgIpc) is 2.34. The van der Waals surface area contributed by atoms with Crippen LogP contribution in [0.4, 0.5) is 0 Å². The predicted molar refractivity (Wildman–Crippen MR) is 64.0 cm³/mol. The Morgan fingerprint density at radius 1 is 1.50 bits per heavy atom. The minimum Gasteiger partial charge on any atom is -0.496 e. The molecule has 0 spiro atoms. The van der Waals surface area contributed by atoms with Crippen LogP contribution in [0, 0.1) is 0 Å². The van der Waals surface area contributed by atoms with E-state index in [4.69, 9.17) is 26.6 Å². The minimum atomic E-state index is -1.65. The van der Waals surface area contributed by atoms with E-state index in [1.165, 1.54) is 25.3 Å². The van der Waals surface area contributed by atoms with Crippen LogP contribution in [-0.4, -0.2) is 41.8 Å². The van der Waals surface area contributed by atoms with Crippen molar-refractivity contribution in [1.82, 2.24) is 5.32 Å². The van der Waals surface area contributed by atoms with Crippen molar-refractivity contribution in [3.63, 3.8) is 0 Å². The first-order valence-electron chi connectivity index (χ1n) is 4.98. The van der Waals surface area contributed by atoms with Gasteiger partial charge in [-0.15, -0.1) is 0 Å². The molecule has 0 radical (unpaired) electrons. The Bertz CT molecular complexity index is 463. The lowest BCUT2D eigenvalue weighted by molar-refractivity contribution is -0.146. The fraction of sp³-hybridized carbons (Fsp3) is 0.273. The van der Waals surface area contributed by atoms with E-state index < -0.39 is 18.0 Å². The molecule has 0 aliphatic rings. The molecular weight excluding hydrogens is 262 g/mol. The van der Waals surface area contributed by atoms with E-state index in [1.807, 2.05) is 0 Å². The van der Waals surface area contributed by atoms with Gasteiger partial charge >= 0.3 is 5.97 Å². The third kappa shape index (κ3) is 3.61. The van der Waals surface area contributed by atoms with Gasteiger partial charge in [0.05, 0.1) is 19.2 Å². The van der Waals surface area contributed by atoms with Gasteiger partial charge in [0.15, 0.2) is 6.10 Å². The highest BCUT2D eigenvalue weighted by Crippen LogP contribution is 2.22. The van der Waals surface area contributed by atoms with Gasteiger partial charge in [0.25, 0.3) is 5.91 Å². The zero-order valence-electron chi connectivity index (χ0n) is 9.51. The Kier molecular flexibility index (Phi) is 4.94. The molecule has 1 rings (SSSR count). The Morgan fingerprint density at radius 3 is 2.72 bits per heavy atom. The molecule has 0 saturated carbocycles. The van der Waals surface area contributed by atoms with Crippen molar-refractivity contribution in [2.75, 3.05) is 13.7 Å². The highest BCUT2D eigenvalue weighted by atomic mass is 35.5. The summed E-state index contributed by atoms with van der Waals surface area (Å²) in [5, 5.41) is 20.2. The second-order valence-corrected chi connectivity index (χ2v) is 3.85. The number of aliphatic hydroxyl groups is 1. The summed E-state index contributed by atoms with van der Waals surface area (Å²) in [6.45, 7) is -0.389. The lowest BCUT2D eigenvalue weighted by Crippen LogP contribution is -2.36. The number of benzene rings is 1. The van der Waals surface area contributed by atoms with E-state index in [2.05, 4.69) is 5.32 Å². The third-order valence-electron chi connectivity index (χ3n) is 2.15. The van der Waals surface area contributed by atoms with Gasteiger partial charge in [-0.05, 0) is 18.2 Å². The van der Waals surface area contributed by atoms with Crippen molar-refractivity contribution in [3.8, 4) is 5.75 Å². The summed E-state index contributed by atoms with van der Waals surface area (Å²) >= 11 is 5.74. The van der Waals surface area contributed by atoms with Gasteiger partial charge < -0.3 is 20.3 Å². The molecule has 0 aromatic heterocycles. The van der Waals surface area contributed by atoms with Crippen LogP contribution in [0.5, 0.6) is 5.75 Å².